The lowest BCUT2D eigenvalue weighted by Crippen LogP contribution is -2.64. The van der Waals surface area contributed by atoms with E-state index in [0.717, 1.165) is 99.3 Å². The number of halogens is 1. The topological polar surface area (TPSA) is 96.9 Å². The number of ether oxygens (including phenoxy) is 3. The quantitative estimate of drug-likeness (QED) is 0.493. The summed E-state index contributed by atoms with van der Waals surface area (Å²) in [6.07, 6.45) is 7.38. The van der Waals surface area contributed by atoms with Crippen LogP contribution in [0, 0.1) is 11.3 Å². The summed E-state index contributed by atoms with van der Waals surface area (Å²) in [5.41, 5.74) is 11.8. The minimum Gasteiger partial charge on any atom is -0.476 e. The molecule has 0 unspecified atom stereocenters. The maximum atomic E-state index is 14.5. The van der Waals surface area contributed by atoms with Crippen LogP contribution in [0.15, 0.2) is 18.2 Å². The second-order valence-electron chi connectivity index (χ2n) is 14.1. The molecule has 0 radical (unpaired) electrons. The Morgan fingerprint density at radius 1 is 1.21 bits per heavy atom. The molecule has 8 rings (SSSR count). The average molecular weight is 588 g/mol. The molecule has 0 saturated carbocycles. The van der Waals surface area contributed by atoms with Crippen LogP contribution in [-0.2, 0) is 28.1 Å². The van der Waals surface area contributed by atoms with E-state index in [-0.39, 0.29) is 11.1 Å². The molecule has 9 heteroatoms. The van der Waals surface area contributed by atoms with E-state index in [1.54, 1.807) is 0 Å². The maximum Gasteiger partial charge on any atom is 0.215 e. The van der Waals surface area contributed by atoms with Gasteiger partial charge in [-0.15, -0.1) is 0 Å². The van der Waals surface area contributed by atoms with Crippen molar-refractivity contribution < 1.29 is 18.6 Å². The molecule has 1 aromatic heterocycles. The summed E-state index contributed by atoms with van der Waals surface area (Å²) in [6, 6.07) is 8.44. The Hall–Kier alpha value is -2.93. The smallest absolute Gasteiger partial charge is 0.215 e. The Balaban J connectivity index is 1.19. The van der Waals surface area contributed by atoms with Gasteiger partial charge < -0.3 is 24.8 Å². The fraction of sp³-hybridized carbons (Fsp3) is 0.647. The van der Waals surface area contributed by atoms with E-state index >= 15 is 0 Å². The van der Waals surface area contributed by atoms with Crippen LogP contribution in [0.1, 0.15) is 92.2 Å². The van der Waals surface area contributed by atoms with Gasteiger partial charge in [0.05, 0.1) is 35.5 Å². The first-order valence-corrected chi connectivity index (χ1v) is 16.2. The summed E-state index contributed by atoms with van der Waals surface area (Å²) in [5, 5.41) is 10.2. The van der Waals surface area contributed by atoms with Crippen LogP contribution in [0.25, 0.3) is 0 Å². The number of benzene rings is 1. The molecule has 0 amide bonds. The number of alkyl halides is 1. The molecule has 2 N–H and O–H groups in total. The van der Waals surface area contributed by atoms with Crippen LogP contribution in [0.4, 0.5) is 15.8 Å². The summed E-state index contributed by atoms with van der Waals surface area (Å²) >= 11 is 0. The fourth-order valence-corrected chi connectivity index (χ4v) is 9.26. The summed E-state index contributed by atoms with van der Waals surface area (Å²) < 4.78 is 34.0. The van der Waals surface area contributed by atoms with Gasteiger partial charge >= 0.3 is 0 Å². The Kier molecular flexibility index (Phi) is 6.45. The third-order valence-electron chi connectivity index (χ3n) is 11.7. The van der Waals surface area contributed by atoms with Gasteiger partial charge in [-0.1, -0.05) is 13.0 Å². The Bertz CT molecular complexity index is 1490. The van der Waals surface area contributed by atoms with Crippen molar-refractivity contribution in [1.29, 1.82) is 5.26 Å². The molecule has 228 valence electrons. The van der Waals surface area contributed by atoms with Crippen LogP contribution >= 0.6 is 0 Å². The molecule has 2 spiro atoms. The highest BCUT2D eigenvalue weighted by molar-refractivity contribution is 5.65. The second kappa shape index (κ2) is 10.0. The molecule has 6 heterocycles. The molecule has 4 saturated heterocycles. The number of fused-ring (bicyclic) bond motifs is 4. The highest BCUT2D eigenvalue weighted by Gasteiger charge is 2.51. The number of nitrogens with two attached hydrogens (primary N) is 1. The van der Waals surface area contributed by atoms with Gasteiger partial charge in [0.2, 0.25) is 5.88 Å². The molecular weight excluding hydrogens is 545 g/mol. The van der Waals surface area contributed by atoms with Gasteiger partial charge in [-0.2, -0.15) is 5.26 Å². The van der Waals surface area contributed by atoms with Gasteiger partial charge in [-0.05, 0) is 69.0 Å². The molecule has 6 aliphatic rings. The zero-order valence-electron chi connectivity index (χ0n) is 25.2. The number of hydrogen-bond donors (Lipinski definition) is 1. The summed E-state index contributed by atoms with van der Waals surface area (Å²) in [6.45, 7) is 7.03. The standard InChI is InChI=1S/C34H42FN5O3/c1-22-6-9-34(31-24(22)4-5-27(37)25(31)17-36)16-28-26(19-43-34)29(40-12-10-32(40)8-3-13-41-20-32)14-30(38-28)42-21-33-7-2-11-39(33)18-23(35)15-33/h4-5,14,22-23H,2-3,6-13,15-16,18-21,37H2,1H3/t22-,23+,32-,33-,34-/m0/s1. The first-order chi connectivity index (χ1) is 20.9. The first kappa shape index (κ1) is 27.6. The van der Waals surface area contributed by atoms with Crippen LogP contribution in [-0.4, -0.2) is 66.6 Å². The van der Waals surface area contributed by atoms with E-state index in [1.165, 1.54) is 0 Å². The SMILES string of the molecule is C[C@H]1CC[C@]2(Cc3nc(OC[C@@]45CCCN4C[C@H](F)C5)cc(N4CC[C@]45CCCOC5)c3CO2)c2c1ccc(N)c2C#N. The highest BCUT2D eigenvalue weighted by Crippen LogP contribution is 2.53. The zero-order valence-corrected chi connectivity index (χ0v) is 25.2. The number of hydrogen-bond acceptors (Lipinski definition) is 8. The second-order valence-corrected chi connectivity index (χ2v) is 14.1. The third-order valence-corrected chi connectivity index (χ3v) is 11.7. The number of rotatable bonds is 4. The Morgan fingerprint density at radius 2 is 2.12 bits per heavy atom. The first-order valence-electron chi connectivity index (χ1n) is 16.2. The van der Waals surface area contributed by atoms with Crippen LogP contribution in [0.5, 0.6) is 5.88 Å². The highest BCUT2D eigenvalue weighted by atomic mass is 19.1. The van der Waals surface area contributed by atoms with E-state index in [2.05, 4.69) is 34.9 Å². The normalized spacial score (nSPS) is 34.9. The third kappa shape index (κ3) is 4.20. The van der Waals surface area contributed by atoms with Crippen molar-refractivity contribution in [3.05, 3.63) is 46.1 Å². The monoisotopic (exact) mass is 587 g/mol. The molecule has 43 heavy (non-hydrogen) atoms. The van der Waals surface area contributed by atoms with Crippen LogP contribution in [0.3, 0.4) is 0 Å². The number of nitrogen functional groups attached to an aromatic ring is 1. The minimum absolute atomic E-state index is 0.00289. The predicted octanol–water partition coefficient (Wildman–Crippen LogP) is 5.12. The van der Waals surface area contributed by atoms with Gasteiger partial charge in [0.1, 0.15) is 24.4 Å². The lowest BCUT2D eigenvalue weighted by Gasteiger charge is -2.56. The lowest BCUT2D eigenvalue weighted by atomic mass is 9.69. The van der Waals surface area contributed by atoms with Gasteiger partial charge in [-0.25, -0.2) is 9.37 Å². The van der Waals surface area contributed by atoms with Crippen molar-refractivity contribution in [2.24, 2.45) is 0 Å². The van der Waals surface area contributed by atoms with Crippen molar-refractivity contribution in [3.63, 3.8) is 0 Å². The summed E-state index contributed by atoms with van der Waals surface area (Å²) in [5.74, 6) is 0.925. The van der Waals surface area contributed by atoms with Crippen molar-refractivity contribution in [2.75, 3.05) is 50.1 Å². The van der Waals surface area contributed by atoms with Crippen molar-refractivity contribution in [1.82, 2.24) is 9.88 Å². The Labute approximate surface area is 253 Å². The van der Waals surface area contributed by atoms with Crippen molar-refractivity contribution in [3.8, 4) is 11.9 Å². The van der Waals surface area contributed by atoms with E-state index in [1.807, 2.05) is 6.07 Å². The van der Waals surface area contributed by atoms with E-state index in [4.69, 9.17) is 24.9 Å². The molecule has 1 aromatic carbocycles. The van der Waals surface area contributed by atoms with E-state index in [9.17, 15) is 9.65 Å². The molecular formula is C34H42FN5O3. The molecule has 5 aliphatic heterocycles. The maximum absolute atomic E-state index is 14.5. The number of nitrogens with zero attached hydrogens (tertiary/aromatic N) is 4. The van der Waals surface area contributed by atoms with Crippen molar-refractivity contribution in [2.45, 2.75) is 100 Å². The Morgan fingerprint density at radius 3 is 2.91 bits per heavy atom. The van der Waals surface area contributed by atoms with Crippen LogP contribution < -0.4 is 15.4 Å². The molecule has 0 bridgehead atoms. The average Bonchev–Trinajstić information content (AvgIpc) is 3.53. The molecule has 4 fully saturated rings. The molecule has 5 atom stereocenters. The predicted molar refractivity (Wildman–Crippen MR) is 161 cm³/mol. The van der Waals surface area contributed by atoms with E-state index in [0.29, 0.717) is 55.6 Å². The lowest BCUT2D eigenvalue weighted by molar-refractivity contribution is -0.0874. The number of anilines is 2. The van der Waals surface area contributed by atoms with Gasteiger partial charge in [0.25, 0.3) is 0 Å². The molecule has 1 aliphatic carbocycles. The summed E-state index contributed by atoms with van der Waals surface area (Å²) in [7, 11) is 0. The number of aromatic nitrogens is 1. The molecule has 2 aromatic rings. The minimum atomic E-state index is -0.796. The van der Waals surface area contributed by atoms with Gasteiger partial charge in [-0.3, -0.25) is 4.90 Å². The van der Waals surface area contributed by atoms with Gasteiger partial charge in [0.15, 0.2) is 0 Å². The summed E-state index contributed by atoms with van der Waals surface area (Å²) in [4.78, 5) is 9.97. The van der Waals surface area contributed by atoms with Crippen molar-refractivity contribution >= 4 is 11.4 Å². The van der Waals surface area contributed by atoms with Gasteiger partial charge in [0, 0.05) is 61.1 Å². The van der Waals surface area contributed by atoms with E-state index < -0.39 is 11.8 Å². The number of nitriles is 1. The zero-order chi connectivity index (χ0) is 29.4. The fourth-order valence-electron chi connectivity index (χ4n) is 9.26. The van der Waals surface area contributed by atoms with Crippen LogP contribution in [0.2, 0.25) is 0 Å². The molecule has 8 nitrogen and oxygen atoms in total. The largest absolute Gasteiger partial charge is 0.476 e. The number of pyridine rings is 1.